The van der Waals surface area contributed by atoms with Crippen molar-refractivity contribution in [1.29, 1.82) is 5.26 Å². The summed E-state index contributed by atoms with van der Waals surface area (Å²) < 4.78 is 26.6. The van der Waals surface area contributed by atoms with Crippen molar-refractivity contribution in [3.05, 3.63) is 52.0 Å². The summed E-state index contributed by atoms with van der Waals surface area (Å²) in [4.78, 5) is -0.0122. The van der Waals surface area contributed by atoms with Gasteiger partial charge in [0.2, 0.25) is 0 Å². The third-order valence-electron chi connectivity index (χ3n) is 2.56. The molecule has 0 heterocycles. The number of phenols is 1. The van der Waals surface area contributed by atoms with Crippen LogP contribution in [0.5, 0.6) is 5.75 Å². The first kappa shape index (κ1) is 15.4. The number of halogens is 2. The summed E-state index contributed by atoms with van der Waals surface area (Å²) in [5.74, 6) is -0.320. The van der Waals surface area contributed by atoms with Crippen LogP contribution in [0.15, 0.2) is 41.3 Å². The fourth-order valence-electron chi connectivity index (χ4n) is 1.55. The molecule has 0 aliphatic heterocycles. The van der Waals surface area contributed by atoms with Crippen LogP contribution in [0, 0.1) is 11.3 Å². The Kier molecular flexibility index (Phi) is 4.28. The number of rotatable bonds is 3. The molecule has 2 N–H and O–H groups in total. The molecule has 0 spiro atoms. The third-order valence-corrected chi connectivity index (χ3v) is 4.54. The topological polar surface area (TPSA) is 90.2 Å². The smallest absolute Gasteiger partial charge is 0.261 e. The number of nitrogens with zero attached hydrogens (tertiary/aromatic N) is 1. The van der Waals surface area contributed by atoms with E-state index in [1.165, 1.54) is 36.4 Å². The second kappa shape index (κ2) is 5.82. The largest absolute Gasteiger partial charge is 0.505 e. The summed E-state index contributed by atoms with van der Waals surface area (Å²) in [5.41, 5.74) is 0.469. The molecule has 2 rings (SSSR count). The standard InChI is InChI=1S/C13H8Cl2N2O3S/c14-11-5-9(6-12(15)13(11)18)17-21(19,20)10-3-1-8(7-16)2-4-10/h1-6,17-18H. The van der Waals surface area contributed by atoms with Crippen LogP contribution in [0.3, 0.4) is 0 Å². The van der Waals surface area contributed by atoms with Gasteiger partial charge in [0.05, 0.1) is 32.3 Å². The fraction of sp³-hybridized carbons (Fsp3) is 0. The Balaban J connectivity index is 2.35. The van der Waals surface area contributed by atoms with E-state index in [0.29, 0.717) is 5.56 Å². The highest BCUT2D eigenvalue weighted by molar-refractivity contribution is 7.92. The van der Waals surface area contributed by atoms with Crippen LogP contribution in [0.25, 0.3) is 0 Å². The molecule has 0 radical (unpaired) electrons. The van der Waals surface area contributed by atoms with Crippen LogP contribution in [0.4, 0.5) is 5.69 Å². The molecule has 2 aromatic carbocycles. The van der Waals surface area contributed by atoms with Crippen molar-refractivity contribution in [3.8, 4) is 11.8 Å². The van der Waals surface area contributed by atoms with Gasteiger partial charge in [-0.2, -0.15) is 5.26 Å². The van der Waals surface area contributed by atoms with E-state index in [9.17, 15) is 13.5 Å². The average molecular weight is 343 g/mol. The highest BCUT2D eigenvalue weighted by Gasteiger charge is 2.16. The van der Waals surface area contributed by atoms with E-state index < -0.39 is 10.0 Å². The SMILES string of the molecule is N#Cc1ccc(S(=O)(=O)Nc2cc(Cl)c(O)c(Cl)c2)cc1. The summed E-state index contributed by atoms with van der Waals surface area (Å²) >= 11 is 11.5. The molecule has 21 heavy (non-hydrogen) atoms. The zero-order valence-electron chi connectivity index (χ0n) is 10.3. The number of hydrogen-bond acceptors (Lipinski definition) is 4. The number of anilines is 1. The molecule has 0 amide bonds. The Bertz CT molecular complexity index is 804. The monoisotopic (exact) mass is 342 g/mol. The number of sulfonamides is 1. The number of phenolic OH excluding ortho intramolecular Hbond substituents is 1. The van der Waals surface area contributed by atoms with E-state index in [4.69, 9.17) is 28.5 Å². The van der Waals surface area contributed by atoms with Gasteiger partial charge in [0.15, 0.2) is 5.75 Å². The van der Waals surface area contributed by atoms with Gasteiger partial charge < -0.3 is 5.11 Å². The van der Waals surface area contributed by atoms with Gasteiger partial charge in [-0.1, -0.05) is 23.2 Å². The van der Waals surface area contributed by atoms with Crippen molar-refractivity contribution in [1.82, 2.24) is 0 Å². The molecule has 0 aliphatic rings. The first-order chi connectivity index (χ1) is 9.83. The molecule has 0 unspecified atom stereocenters. The maximum Gasteiger partial charge on any atom is 0.261 e. The number of benzene rings is 2. The number of hydrogen-bond donors (Lipinski definition) is 2. The maximum atomic E-state index is 12.2. The quantitative estimate of drug-likeness (QED) is 0.836. The van der Waals surface area contributed by atoms with E-state index in [0.717, 1.165) is 0 Å². The van der Waals surface area contributed by atoms with Crippen LogP contribution < -0.4 is 4.72 Å². The zero-order valence-corrected chi connectivity index (χ0v) is 12.7. The molecule has 108 valence electrons. The van der Waals surface area contributed by atoms with E-state index in [-0.39, 0.29) is 26.4 Å². The second-order valence-corrected chi connectivity index (χ2v) is 6.53. The summed E-state index contributed by atoms with van der Waals surface area (Å²) in [6.07, 6.45) is 0. The van der Waals surface area contributed by atoms with Gasteiger partial charge in [-0.05, 0) is 36.4 Å². The zero-order chi connectivity index (χ0) is 15.6. The number of nitrogens with one attached hydrogen (secondary N) is 1. The highest BCUT2D eigenvalue weighted by atomic mass is 35.5. The molecule has 0 aromatic heterocycles. The van der Waals surface area contributed by atoms with Crippen molar-refractivity contribution in [2.45, 2.75) is 4.90 Å². The summed E-state index contributed by atoms with van der Waals surface area (Å²) in [7, 11) is -3.84. The van der Waals surface area contributed by atoms with E-state index in [2.05, 4.69) is 4.72 Å². The van der Waals surface area contributed by atoms with Crippen LogP contribution in [-0.2, 0) is 10.0 Å². The van der Waals surface area contributed by atoms with Crippen LogP contribution in [-0.4, -0.2) is 13.5 Å². The molecular weight excluding hydrogens is 335 g/mol. The van der Waals surface area contributed by atoms with Gasteiger partial charge >= 0.3 is 0 Å². The van der Waals surface area contributed by atoms with Crippen molar-refractivity contribution in [3.63, 3.8) is 0 Å². The van der Waals surface area contributed by atoms with Crippen molar-refractivity contribution in [2.24, 2.45) is 0 Å². The molecule has 2 aromatic rings. The maximum absolute atomic E-state index is 12.2. The van der Waals surface area contributed by atoms with Crippen LogP contribution in [0.1, 0.15) is 5.56 Å². The van der Waals surface area contributed by atoms with Crippen LogP contribution >= 0.6 is 23.2 Å². The lowest BCUT2D eigenvalue weighted by atomic mass is 10.2. The Morgan fingerprint density at radius 3 is 2.10 bits per heavy atom. The molecule has 5 nitrogen and oxygen atoms in total. The fourth-order valence-corrected chi connectivity index (χ4v) is 3.07. The number of nitriles is 1. The molecule has 0 aliphatic carbocycles. The van der Waals surface area contributed by atoms with Gasteiger partial charge in [-0.3, -0.25) is 4.72 Å². The average Bonchev–Trinajstić information content (AvgIpc) is 2.44. The van der Waals surface area contributed by atoms with E-state index in [1.54, 1.807) is 0 Å². The van der Waals surface area contributed by atoms with Gasteiger partial charge in [-0.15, -0.1) is 0 Å². The lowest BCUT2D eigenvalue weighted by Gasteiger charge is -2.10. The van der Waals surface area contributed by atoms with E-state index >= 15 is 0 Å². The molecule has 0 atom stereocenters. The van der Waals surface area contributed by atoms with Gasteiger partial charge in [0.1, 0.15) is 0 Å². The predicted molar refractivity (Wildman–Crippen MR) is 80.1 cm³/mol. The first-order valence-electron chi connectivity index (χ1n) is 5.54. The van der Waals surface area contributed by atoms with E-state index in [1.807, 2.05) is 6.07 Å². The Hall–Kier alpha value is -1.94. The first-order valence-corrected chi connectivity index (χ1v) is 7.78. The lowest BCUT2D eigenvalue weighted by molar-refractivity contribution is 0.476. The van der Waals surface area contributed by atoms with Crippen molar-refractivity contribution < 1.29 is 13.5 Å². The molecule has 0 saturated heterocycles. The number of aromatic hydroxyl groups is 1. The lowest BCUT2D eigenvalue weighted by Crippen LogP contribution is -2.12. The highest BCUT2D eigenvalue weighted by Crippen LogP contribution is 2.35. The minimum absolute atomic E-state index is 0.0122. The summed E-state index contributed by atoms with van der Waals surface area (Å²) in [6.45, 7) is 0. The Morgan fingerprint density at radius 2 is 1.62 bits per heavy atom. The second-order valence-electron chi connectivity index (χ2n) is 4.03. The summed E-state index contributed by atoms with van der Waals surface area (Å²) in [5, 5.41) is 18.0. The summed E-state index contributed by atoms with van der Waals surface area (Å²) in [6, 6.07) is 9.79. The van der Waals surface area contributed by atoms with Gasteiger partial charge in [0, 0.05) is 0 Å². The normalized spacial score (nSPS) is 10.9. The van der Waals surface area contributed by atoms with Crippen molar-refractivity contribution in [2.75, 3.05) is 4.72 Å². The minimum atomic E-state index is -3.84. The van der Waals surface area contributed by atoms with Gasteiger partial charge in [-0.25, -0.2) is 8.42 Å². The molecule has 8 heteroatoms. The van der Waals surface area contributed by atoms with Crippen molar-refractivity contribution >= 4 is 38.9 Å². The molecular formula is C13H8Cl2N2O3S. The van der Waals surface area contributed by atoms with Gasteiger partial charge in [0.25, 0.3) is 10.0 Å². The molecule has 0 bridgehead atoms. The third kappa shape index (κ3) is 3.39. The Morgan fingerprint density at radius 1 is 1.10 bits per heavy atom. The van der Waals surface area contributed by atoms with Crippen LogP contribution in [0.2, 0.25) is 10.0 Å². The Labute approximate surface area is 131 Å². The predicted octanol–water partition coefficient (Wildman–Crippen LogP) is 3.37. The minimum Gasteiger partial charge on any atom is -0.505 e. The molecule has 0 fully saturated rings. The molecule has 0 saturated carbocycles.